The van der Waals surface area contributed by atoms with E-state index in [4.69, 9.17) is 5.73 Å². The lowest BCUT2D eigenvalue weighted by atomic mass is 10.1. The van der Waals surface area contributed by atoms with Crippen molar-refractivity contribution in [1.82, 2.24) is 4.90 Å². The maximum absolute atomic E-state index is 13.2. The third kappa shape index (κ3) is 3.88. The van der Waals surface area contributed by atoms with Gasteiger partial charge in [-0.1, -0.05) is 40.2 Å². The largest absolute Gasteiger partial charge is 0.329 e. The predicted octanol–water partition coefficient (Wildman–Crippen LogP) is 3.72. The maximum atomic E-state index is 13.2. The number of nitrogens with two attached hydrogens (primary N) is 1. The second kappa shape index (κ2) is 6.97. The monoisotopic (exact) mass is 336 g/mol. The van der Waals surface area contributed by atoms with Gasteiger partial charge in [-0.15, -0.1) is 0 Å². The van der Waals surface area contributed by atoms with Gasteiger partial charge in [0.1, 0.15) is 5.82 Å². The van der Waals surface area contributed by atoms with Crippen molar-refractivity contribution in [1.29, 1.82) is 0 Å². The van der Waals surface area contributed by atoms with Crippen LogP contribution in [0, 0.1) is 5.82 Å². The molecule has 0 aliphatic carbocycles. The summed E-state index contributed by atoms with van der Waals surface area (Å²) in [5.74, 6) is -0.205. The van der Waals surface area contributed by atoms with Crippen molar-refractivity contribution in [2.24, 2.45) is 5.73 Å². The fraction of sp³-hybridized carbons (Fsp3) is 0.250. The van der Waals surface area contributed by atoms with Gasteiger partial charge in [0.15, 0.2) is 0 Å². The van der Waals surface area contributed by atoms with Crippen molar-refractivity contribution in [3.05, 3.63) is 69.9 Å². The molecule has 2 aromatic carbocycles. The quantitative estimate of drug-likeness (QED) is 0.901. The molecule has 0 amide bonds. The van der Waals surface area contributed by atoms with Gasteiger partial charge in [-0.3, -0.25) is 4.90 Å². The van der Waals surface area contributed by atoms with E-state index in [1.54, 1.807) is 12.1 Å². The van der Waals surface area contributed by atoms with Gasteiger partial charge < -0.3 is 5.73 Å². The van der Waals surface area contributed by atoms with Crippen molar-refractivity contribution in [3.63, 3.8) is 0 Å². The first kappa shape index (κ1) is 15.2. The van der Waals surface area contributed by atoms with Crippen molar-refractivity contribution >= 4 is 15.9 Å². The Kier molecular flexibility index (Phi) is 5.29. The van der Waals surface area contributed by atoms with Crippen molar-refractivity contribution in [3.8, 4) is 0 Å². The molecule has 1 unspecified atom stereocenters. The van der Waals surface area contributed by atoms with Gasteiger partial charge in [-0.05, 0) is 42.4 Å². The first-order valence-corrected chi connectivity index (χ1v) is 7.29. The Bertz CT molecular complexity index is 557. The molecule has 4 heteroatoms. The van der Waals surface area contributed by atoms with Gasteiger partial charge in [0.25, 0.3) is 0 Å². The zero-order valence-electron chi connectivity index (χ0n) is 11.4. The number of hydrogen-bond acceptors (Lipinski definition) is 2. The smallest absolute Gasteiger partial charge is 0.123 e. The number of hydrogen-bond donors (Lipinski definition) is 1. The zero-order valence-corrected chi connectivity index (χ0v) is 13.0. The second-order valence-electron chi connectivity index (χ2n) is 4.85. The first-order chi connectivity index (χ1) is 9.60. The first-order valence-electron chi connectivity index (χ1n) is 6.50. The van der Waals surface area contributed by atoms with E-state index < -0.39 is 0 Å². The highest BCUT2D eigenvalue weighted by Gasteiger charge is 2.15. The predicted molar refractivity (Wildman–Crippen MR) is 83.8 cm³/mol. The Morgan fingerprint density at radius 3 is 2.50 bits per heavy atom. The van der Waals surface area contributed by atoms with Gasteiger partial charge in [-0.2, -0.15) is 0 Å². The van der Waals surface area contributed by atoms with Gasteiger partial charge in [0.05, 0.1) is 0 Å². The summed E-state index contributed by atoms with van der Waals surface area (Å²) in [5, 5.41) is 0. The van der Waals surface area contributed by atoms with E-state index in [1.165, 1.54) is 6.07 Å². The highest BCUT2D eigenvalue weighted by Crippen LogP contribution is 2.22. The van der Waals surface area contributed by atoms with E-state index in [1.807, 2.05) is 25.2 Å². The molecule has 106 valence electrons. The normalized spacial score (nSPS) is 12.7. The summed E-state index contributed by atoms with van der Waals surface area (Å²) in [6.45, 7) is 1.18. The Morgan fingerprint density at radius 2 is 1.90 bits per heavy atom. The lowest BCUT2D eigenvalue weighted by Gasteiger charge is -2.27. The molecule has 0 aliphatic heterocycles. The molecule has 0 spiro atoms. The van der Waals surface area contributed by atoms with E-state index >= 15 is 0 Å². The fourth-order valence-electron chi connectivity index (χ4n) is 2.29. The van der Waals surface area contributed by atoms with E-state index in [0.717, 1.165) is 15.6 Å². The lowest BCUT2D eigenvalue weighted by Crippen LogP contribution is -2.30. The van der Waals surface area contributed by atoms with E-state index in [2.05, 4.69) is 33.0 Å². The molecule has 0 heterocycles. The zero-order chi connectivity index (χ0) is 14.5. The minimum absolute atomic E-state index is 0.117. The molecule has 0 aromatic heterocycles. The van der Waals surface area contributed by atoms with E-state index in [9.17, 15) is 4.39 Å². The molecule has 0 bridgehead atoms. The van der Waals surface area contributed by atoms with Crippen LogP contribution in [-0.4, -0.2) is 18.5 Å². The summed E-state index contributed by atoms with van der Waals surface area (Å²) in [6.07, 6.45) is 0. The van der Waals surface area contributed by atoms with Crippen LogP contribution in [0.1, 0.15) is 17.2 Å². The van der Waals surface area contributed by atoms with Crippen molar-refractivity contribution in [2.75, 3.05) is 13.6 Å². The lowest BCUT2D eigenvalue weighted by molar-refractivity contribution is 0.241. The van der Waals surface area contributed by atoms with Crippen LogP contribution in [0.4, 0.5) is 4.39 Å². The molecule has 2 rings (SSSR count). The Labute approximate surface area is 127 Å². The van der Waals surface area contributed by atoms with Gasteiger partial charge in [-0.25, -0.2) is 4.39 Å². The van der Waals surface area contributed by atoms with Gasteiger partial charge >= 0.3 is 0 Å². The van der Waals surface area contributed by atoms with Gasteiger partial charge in [0, 0.05) is 23.6 Å². The molecule has 2 aromatic rings. The van der Waals surface area contributed by atoms with Crippen molar-refractivity contribution in [2.45, 2.75) is 12.6 Å². The average Bonchev–Trinajstić information content (AvgIpc) is 2.42. The summed E-state index contributed by atoms with van der Waals surface area (Å²) in [6, 6.07) is 14.9. The van der Waals surface area contributed by atoms with Crippen LogP contribution in [0.3, 0.4) is 0 Å². The van der Waals surface area contributed by atoms with Crippen LogP contribution >= 0.6 is 15.9 Å². The molecule has 0 aliphatic rings. The average molecular weight is 337 g/mol. The Balaban J connectivity index is 2.13. The Morgan fingerprint density at radius 1 is 1.20 bits per heavy atom. The summed E-state index contributed by atoms with van der Waals surface area (Å²) < 4.78 is 14.3. The molecular weight excluding hydrogens is 319 g/mol. The molecular formula is C16H18BrFN2. The fourth-order valence-corrected chi connectivity index (χ4v) is 2.55. The van der Waals surface area contributed by atoms with Crippen LogP contribution in [0.25, 0.3) is 0 Å². The van der Waals surface area contributed by atoms with Crippen LogP contribution in [0.2, 0.25) is 0 Å². The molecule has 0 saturated carbocycles. The minimum Gasteiger partial charge on any atom is -0.329 e. The summed E-state index contributed by atoms with van der Waals surface area (Å²) >= 11 is 3.43. The molecule has 20 heavy (non-hydrogen) atoms. The number of likely N-dealkylation sites (N-methyl/N-ethyl adjacent to an activating group) is 1. The minimum atomic E-state index is -0.205. The molecule has 2 N–H and O–H groups in total. The van der Waals surface area contributed by atoms with Crippen LogP contribution < -0.4 is 5.73 Å². The standard InChI is InChI=1S/C16H18BrFN2/c1-20(11-12-3-2-4-15(18)9-12)16(10-19)13-5-7-14(17)8-6-13/h2-9,16H,10-11,19H2,1H3. The number of nitrogens with zero attached hydrogens (tertiary/aromatic N) is 1. The second-order valence-corrected chi connectivity index (χ2v) is 5.76. The molecule has 0 fully saturated rings. The maximum Gasteiger partial charge on any atom is 0.123 e. The van der Waals surface area contributed by atoms with Crippen LogP contribution in [-0.2, 0) is 6.54 Å². The SMILES string of the molecule is CN(Cc1cccc(F)c1)C(CN)c1ccc(Br)cc1. The summed E-state index contributed by atoms with van der Waals surface area (Å²) in [5.41, 5.74) is 8.01. The third-order valence-corrected chi connectivity index (χ3v) is 3.86. The summed E-state index contributed by atoms with van der Waals surface area (Å²) in [4.78, 5) is 2.14. The van der Waals surface area contributed by atoms with Crippen LogP contribution in [0.5, 0.6) is 0 Å². The highest BCUT2D eigenvalue weighted by atomic mass is 79.9. The van der Waals surface area contributed by atoms with E-state index in [0.29, 0.717) is 13.1 Å². The van der Waals surface area contributed by atoms with E-state index in [-0.39, 0.29) is 11.9 Å². The molecule has 2 nitrogen and oxygen atoms in total. The molecule has 1 atom stereocenters. The topological polar surface area (TPSA) is 29.3 Å². The highest BCUT2D eigenvalue weighted by molar-refractivity contribution is 9.10. The van der Waals surface area contributed by atoms with Gasteiger partial charge in [0.2, 0.25) is 0 Å². The molecule has 0 saturated heterocycles. The third-order valence-electron chi connectivity index (χ3n) is 3.33. The van der Waals surface area contributed by atoms with Crippen LogP contribution in [0.15, 0.2) is 53.0 Å². The Hall–Kier alpha value is -1.23. The van der Waals surface area contributed by atoms with Crippen molar-refractivity contribution < 1.29 is 4.39 Å². The number of halogens is 2. The molecule has 0 radical (unpaired) electrons. The number of rotatable bonds is 5. The number of benzene rings is 2. The summed E-state index contributed by atoms with van der Waals surface area (Å²) in [7, 11) is 2.00.